The number of benzene rings is 3. The van der Waals surface area contributed by atoms with Gasteiger partial charge in [-0.3, -0.25) is 9.10 Å². The van der Waals surface area contributed by atoms with Crippen molar-refractivity contribution in [2.24, 2.45) is 0 Å². The Labute approximate surface area is 191 Å². The van der Waals surface area contributed by atoms with Gasteiger partial charge >= 0.3 is 0 Å². The second-order valence-corrected chi connectivity index (χ2v) is 9.85. The van der Waals surface area contributed by atoms with Gasteiger partial charge in [0.05, 0.1) is 22.7 Å². The van der Waals surface area contributed by atoms with Crippen molar-refractivity contribution in [2.45, 2.75) is 51.1 Å². The van der Waals surface area contributed by atoms with Gasteiger partial charge in [-0.15, -0.1) is 0 Å². The lowest BCUT2D eigenvalue weighted by Gasteiger charge is -2.27. The standard InChI is InChI=1S/C26H30N2O3S/c1-4-10-21(3)27-26(29)24-13-8-9-14-25(24)28(19-22-11-6-5-7-12-22)32(30,31)23-17-15-20(2)16-18-23/h5-9,11-18,21H,4,10,19H2,1-3H3,(H,27,29)/t21-/m0/s1. The second kappa shape index (κ2) is 10.5. The molecule has 0 aliphatic carbocycles. The predicted octanol–water partition coefficient (Wildman–Crippen LogP) is 5.31. The highest BCUT2D eigenvalue weighted by atomic mass is 32.2. The fourth-order valence-corrected chi connectivity index (χ4v) is 5.05. The summed E-state index contributed by atoms with van der Waals surface area (Å²) in [5.74, 6) is -0.279. The fraction of sp³-hybridized carbons (Fsp3) is 0.269. The van der Waals surface area contributed by atoms with Gasteiger partial charge in [-0.05, 0) is 50.1 Å². The van der Waals surface area contributed by atoms with Crippen LogP contribution in [0.25, 0.3) is 0 Å². The van der Waals surface area contributed by atoms with Gasteiger partial charge in [0.15, 0.2) is 0 Å². The van der Waals surface area contributed by atoms with E-state index in [2.05, 4.69) is 12.2 Å². The Morgan fingerprint density at radius 3 is 2.22 bits per heavy atom. The molecule has 0 heterocycles. The van der Waals surface area contributed by atoms with Gasteiger partial charge in [0.2, 0.25) is 0 Å². The summed E-state index contributed by atoms with van der Waals surface area (Å²) in [4.78, 5) is 13.3. The van der Waals surface area contributed by atoms with Crippen molar-refractivity contribution >= 4 is 21.6 Å². The minimum Gasteiger partial charge on any atom is -0.350 e. The van der Waals surface area contributed by atoms with Crippen LogP contribution in [0.3, 0.4) is 0 Å². The first kappa shape index (κ1) is 23.5. The first-order chi connectivity index (χ1) is 15.3. The van der Waals surface area contributed by atoms with Crippen LogP contribution >= 0.6 is 0 Å². The van der Waals surface area contributed by atoms with Crippen LogP contribution in [0.15, 0.2) is 83.8 Å². The van der Waals surface area contributed by atoms with Crippen molar-refractivity contribution < 1.29 is 13.2 Å². The van der Waals surface area contributed by atoms with E-state index in [1.807, 2.05) is 44.2 Å². The summed E-state index contributed by atoms with van der Waals surface area (Å²) in [5, 5.41) is 2.99. The minimum atomic E-state index is -3.91. The smallest absolute Gasteiger partial charge is 0.264 e. The molecule has 0 aliphatic heterocycles. The highest BCUT2D eigenvalue weighted by Crippen LogP contribution is 2.29. The summed E-state index contributed by atoms with van der Waals surface area (Å²) >= 11 is 0. The number of aryl methyl sites for hydroxylation is 1. The lowest BCUT2D eigenvalue weighted by Crippen LogP contribution is -2.36. The van der Waals surface area contributed by atoms with Crippen LogP contribution in [0.5, 0.6) is 0 Å². The normalized spacial score (nSPS) is 12.2. The first-order valence-electron chi connectivity index (χ1n) is 10.9. The van der Waals surface area contributed by atoms with Crippen molar-refractivity contribution in [3.8, 4) is 0 Å². The number of carbonyl (C=O) groups excluding carboxylic acids is 1. The van der Waals surface area contributed by atoms with Crippen LogP contribution < -0.4 is 9.62 Å². The van der Waals surface area contributed by atoms with E-state index in [-0.39, 0.29) is 23.4 Å². The Bertz CT molecular complexity index is 1140. The highest BCUT2D eigenvalue weighted by molar-refractivity contribution is 7.92. The monoisotopic (exact) mass is 450 g/mol. The van der Waals surface area contributed by atoms with E-state index in [1.165, 1.54) is 4.31 Å². The van der Waals surface area contributed by atoms with Crippen molar-refractivity contribution in [3.05, 3.63) is 95.6 Å². The first-order valence-corrected chi connectivity index (χ1v) is 12.3. The molecule has 1 N–H and O–H groups in total. The van der Waals surface area contributed by atoms with Gasteiger partial charge < -0.3 is 5.32 Å². The summed E-state index contributed by atoms with van der Waals surface area (Å²) in [6.07, 6.45) is 1.80. The molecule has 3 aromatic carbocycles. The van der Waals surface area contributed by atoms with Gasteiger partial charge in [-0.1, -0.05) is 73.5 Å². The molecule has 1 amide bonds. The minimum absolute atomic E-state index is 0.00293. The van der Waals surface area contributed by atoms with E-state index in [0.29, 0.717) is 11.3 Å². The Morgan fingerprint density at radius 1 is 0.938 bits per heavy atom. The second-order valence-electron chi connectivity index (χ2n) is 7.99. The van der Waals surface area contributed by atoms with Gasteiger partial charge in [0.25, 0.3) is 15.9 Å². The molecule has 0 bridgehead atoms. The third-order valence-electron chi connectivity index (χ3n) is 5.29. The van der Waals surface area contributed by atoms with E-state index < -0.39 is 10.0 Å². The number of amides is 1. The zero-order valence-corrected chi connectivity index (χ0v) is 19.6. The van der Waals surface area contributed by atoms with E-state index in [1.54, 1.807) is 48.5 Å². The molecule has 0 spiro atoms. The lowest BCUT2D eigenvalue weighted by atomic mass is 10.1. The number of hydrogen-bond donors (Lipinski definition) is 1. The van der Waals surface area contributed by atoms with Crippen molar-refractivity contribution in [2.75, 3.05) is 4.31 Å². The Balaban J connectivity index is 2.08. The average Bonchev–Trinajstić information content (AvgIpc) is 2.78. The molecule has 0 unspecified atom stereocenters. The molecule has 168 valence electrons. The number of carbonyl (C=O) groups is 1. The molecule has 6 heteroatoms. The number of anilines is 1. The summed E-state index contributed by atoms with van der Waals surface area (Å²) in [7, 11) is -3.91. The van der Waals surface area contributed by atoms with Crippen LogP contribution in [0.4, 0.5) is 5.69 Å². The largest absolute Gasteiger partial charge is 0.350 e. The molecule has 0 radical (unpaired) electrons. The van der Waals surface area contributed by atoms with Crippen LogP contribution in [-0.2, 0) is 16.6 Å². The van der Waals surface area contributed by atoms with E-state index in [4.69, 9.17) is 0 Å². The maximum atomic E-state index is 13.7. The van der Waals surface area contributed by atoms with E-state index in [9.17, 15) is 13.2 Å². The molecule has 5 nitrogen and oxygen atoms in total. The Morgan fingerprint density at radius 2 is 1.56 bits per heavy atom. The lowest BCUT2D eigenvalue weighted by molar-refractivity contribution is 0.0939. The zero-order chi connectivity index (χ0) is 23.1. The molecule has 3 aromatic rings. The van der Waals surface area contributed by atoms with Crippen LogP contribution in [0.2, 0.25) is 0 Å². The van der Waals surface area contributed by atoms with Gasteiger partial charge in [0.1, 0.15) is 0 Å². The summed E-state index contributed by atoms with van der Waals surface area (Å²) in [5.41, 5.74) is 2.50. The molecule has 0 aromatic heterocycles. The highest BCUT2D eigenvalue weighted by Gasteiger charge is 2.28. The maximum absolute atomic E-state index is 13.7. The molecule has 0 aliphatic rings. The topological polar surface area (TPSA) is 66.5 Å². The quantitative estimate of drug-likeness (QED) is 0.480. The number of nitrogens with one attached hydrogen (secondary N) is 1. The molecule has 0 saturated carbocycles. The third-order valence-corrected chi connectivity index (χ3v) is 7.07. The van der Waals surface area contributed by atoms with Crippen molar-refractivity contribution in [3.63, 3.8) is 0 Å². The summed E-state index contributed by atoms with van der Waals surface area (Å²) < 4.78 is 28.8. The van der Waals surface area contributed by atoms with Crippen LogP contribution in [0.1, 0.15) is 48.2 Å². The number of para-hydroxylation sites is 1. The average molecular weight is 451 g/mol. The van der Waals surface area contributed by atoms with Gasteiger partial charge in [0, 0.05) is 6.04 Å². The molecular formula is C26H30N2O3S. The van der Waals surface area contributed by atoms with Gasteiger partial charge in [-0.25, -0.2) is 8.42 Å². The summed E-state index contributed by atoms with van der Waals surface area (Å²) in [6, 6.07) is 23.0. The predicted molar refractivity (Wildman–Crippen MR) is 129 cm³/mol. The van der Waals surface area contributed by atoms with Crippen LogP contribution in [0, 0.1) is 6.92 Å². The number of nitrogens with zero attached hydrogens (tertiary/aromatic N) is 1. The van der Waals surface area contributed by atoms with Crippen LogP contribution in [-0.4, -0.2) is 20.4 Å². The molecule has 0 fully saturated rings. The molecular weight excluding hydrogens is 420 g/mol. The third kappa shape index (κ3) is 5.56. The zero-order valence-electron chi connectivity index (χ0n) is 18.8. The molecule has 1 atom stereocenters. The fourth-order valence-electron chi connectivity index (χ4n) is 3.58. The van der Waals surface area contributed by atoms with Crippen molar-refractivity contribution in [1.82, 2.24) is 5.32 Å². The van der Waals surface area contributed by atoms with E-state index in [0.717, 1.165) is 24.0 Å². The molecule has 3 rings (SSSR count). The molecule has 0 saturated heterocycles. The Hall–Kier alpha value is -3.12. The summed E-state index contributed by atoms with van der Waals surface area (Å²) in [6.45, 7) is 6.04. The SMILES string of the molecule is CCC[C@H](C)NC(=O)c1ccccc1N(Cc1ccccc1)S(=O)(=O)c1ccc(C)cc1. The van der Waals surface area contributed by atoms with Crippen molar-refractivity contribution in [1.29, 1.82) is 0 Å². The Kier molecular flexibility index (Phi) is 7.70. The number of rotatable bonds is 9. The van der Waals surface area contributed by atoms with Gasteiger partial charge in [-0.2, -0.15) is 0 Å². The molecule has 32 heavy (non-hydrogen) atoms. The van der Waals surface area contributed by atoms with E-state index >= 15 is 0 Å². The number of hydrogen-bond acceptors (Lipinski definition) is 3. The number of sulfonamides is 1. The maximum Gasteiger partial charge on any atom is 0.264 e.